The molecule has 0 N–H and O–H groups in total. The van der Waals surface area contributed by atoms with E-state index in [1.165, 1.54) is 0 Å². The molecule has 0 saturated heterocycles. The molecule has 0 unspecified atom stereocenters. The van der Waals surface area contributed by atoms with Crippen LogP contribution in [0.3, 0.4) is 0 Å². The first-order chi connectivity index (χ1) is 6.00. The van der Waals surface area contributed by atoms with Gasteiger partial charge < -0.3 is 12.2 Å². The third kappa shape index (κ3) is 5.24. The molecule has 1 nitrogen and oxygen atoms in total. The van der Waals surface area contributed by atoms with E-state index in [1.54, 1.807) is 13.3 Å². The van der Waals surface area contributed by atoms with Crippen molar-refractivity contribution in [3.8, 4) is 0 Å². The minimum absolute atomic E-state index is 0. The van der Waals surface area contributed by atoms with E-state index in [0.29, 0.717) is 0 Å². The van der Waals surface area contributed by atoms with E-state index >= 15 is 0 Å². The summed E-state index contributed by atoms with van der Waals surface area (Å²) in [6.07, 6.45) is 1.65. The van der Waals surface area contributed by atoms with Gasteiger partial charge in [-0.25, -0.2) is 0 Å². The zero-order chi connectivity index (χ0) is 10.0. The molecule has 1 rings (SSSR count). The standard InChI is InChI=1S/C11H12BrO.CH3.U/c1-7-4-10(6-9(3)13)5-8(2)11(7)12;;/h4-6H,1-3H3;1H3;/q2*-1;+2. The van der Waals surface area contributed by atoms with Crippen LogP contribution >= 0.6 is 15.9 Å². The van der Waals surface area contributed by atoms with Crippen molar-refractivity contribution in [2.45, 2.75) is 20.8 Å². The minimum Gasteiger partial charge on any atom is -0.358 e. The largest absolute Gasteiger partial charge is 2.00 e. The number of hydrogen-bond donors (Lipinski definition) is 0. The number of carbonyl (C=O) groups is 1. The molecule has 0 bridgehead atoms. The summed E-state index contributed by atoms with van der Waals surface area (Å²) < 4.78 is 1.12. The molecule has 1 aromatic carbocycles. The average Bonchev–Trinajstić information content (AvgIpc) is 1.98. The second-order valence-corrected chi connectivity index (χ2v) is 4.02. The number of benzene rings is 1. The van der Waals surface area contributed by atoms with Gasteiger partial charge in [0.2, 0.25) is 0 Å². The Bertz CT molecular complexity index is 324. The van der Waals surface area contributed by atoms with Gasteiger partial charge in [0.15, 0.2) is 0 Å². The van der Waals surface area contributed by atoms with Gasteiger partial charge in [-0.2, -0.15) is 17.7 Å². The molecule has 0 spiro atoms. The first-order valence-corrected chi connectivity index (χ1v) is 4.92. The summed E-state index contributed by atoms with van der Waals surface area (Å²) >= 11 is 3.48. The van der Waals surface area contributed by atoms with E-state index in [2.05, 4.69) is 15.9 Å². The van der Waals surface area contributed by atoms with E-state index in [1.807, 2.05) is 26.0 Å². The Hall–Kier alpha value is 0.292. The second-order valence-electron chi connectivity index (χ2n) is 3.22. The van der Waals surface area contributed by atoms with Gasteiger partial charge in [-0.1, -0.05) is 40.9 Å². The topological polar surface area (TPSA) is 17.1 Å². The number of aryl methyl sites for hydroxylation is 2. The van der Waals surface area contributed by atoms with Gasteiger partial charge in [-0.3, -0.25) is 0 Å². The van der Waals surface area contributed by atoms with Crippen LogP contribution in [0.4, 0.5) is 0 Å². The molecule has 15 heavy (non-hydrogen) atoms. The normalized spacial score (nSPS) is 8.53. The number of ketones is 1. The van der Waals surface area contributed by atoms with Crippen molar-refractivity contribution in [2.75, 3.05) is 0 Å². The molecule has 0 fully saturated rings. The van der Waals surface area contributed by atoms with E-state index < -0.39 is 0 Å². The number of halogens is 1. The summed E-state index contributed by atoms with van der Waals surface area (Å²) in [5.41, 5.74) is 3.30. The van der Waals surface area contributed by atoms with Crippen molar-refractivity contribution in [1.29, 1.82) is 0 Å². The Kier molecular flexibility index (Phi) is 8.89. The molecule has 0 aliphatic carbocycles. The van der Waals surface area contributed by atoms with E-state index in [4.69, 9.17) is 0 Å². The molecule has 3 heteroatoms. The Morgan fingerprint density at radius 3 is 2.00 bits per heavy atom. The molecule has 0 aromatic heterocycles. The summed E-state index contributed by atoms with van der Waals surface area (Å²) in [7, 11) is 0. The molecular formula is C12H15BrOU. The Morgan fingerprint density at radius 1 is 1.27 bits per heavy atom. The summed E-state index contributed by atoms with van der Waals surface area (Å²) in [5.74, 6) is 0.0844. The average molecular weight is 493 g/mol. The van der Waals surface area contributed by atoms with Gasteiger partial charge in [-0.05, 0) is 11.4 Å². The molecular weight excluding hydrogens is 478 g/mol. The Balaban J connectivity index is 0. The summed E-state index contributed by atoms with van der Waals surface area (Å²) in [4.78, 5) is 10.9. The predicted molar refractivity (Wildman–Crippen MR) is 64.1 cm³/mol. The zero-order valence-electron chi connectivity index (χ0n) is 9.52. The van der Waals surface area contributed by atoms with Gasteiger partial charge in [-0.15, -0.1) is 6.42 Å². The van der Waals surface area contributed by atoms with Crippen molar-refractivity contribution in [2.24, 2.45) is 0 Å². The molecule has 0 heterocycles. The maximum Gasteiger partial charge on any atom is 2.00 e. The molecule has 0 radical (unpaired) electrons. The fraction of sp³-hybridized carbons (Fsp3) is 0.250. The van der Waals surface area contributed by atoms with Gasteiger partial charge in [0.1, 0.15) is 0 Å². The van der Waals surface area contributed by atoms with Gasteiger partial charge in [0.05, 0.1) is 5.78 Å². The fourth-order valence-corrected chi connectivity index (χ4v) is 1.53. The third-order valence-corrected chi connectivity index (χ3v) is 3.08. The van der Waals surface area contributed by atoms with Crippen molar-refractivity contribution < 1.29 is 35.9 Å². The quantitative estimate of drug-likeness (QED) is 0.576. The maximum atomic E-state index is 10.9. The van der Waals surface area contributed by atoms with Crippen molar-refractivity contribution in [3.63, 3.8) is 0 Å². The summed E-state index contributed by atoms with van der Waals surface area (Å²) in [6, 6.07) is 4.00. The number of hydrogen-bond acceptors (Lipinski definition) is 1. The van der Waals surface area contributed by atoms with Crippen molar-refractivity contribution in [3.05, 3.63) is 47.1 Å². The van der Waals surface area contributed by atoms with Crippen LogP contribution in [0.25, 0.3) is 0 Å². The van der Waals surface area contributed by atoms with Crippen LogP contribution in [-0.2, 0) is 4.79 Å². The summed E-state index contributed by atoms with van der Waals surface area (Å²) in [5, 5.41) is 0. The first kappa shape index (κ1) is 17.7. The number of Topliss-reactive ketones (excluding diaryl/α,β-unsaturated/α-hetero) is 1. The SMILES string of the molecule is CC(=O)[CH-]c1cc(C)c(Br)c(C)c1.[CH3-].[U+2]. The van der Waals surface area contributed by atoms with Crippen LogP contribution in [0.5, 0.6) is 0 Å². The van der Waals surface area contributed by atoms with E-state index in [9.17, 15) is 4.79 Å². The number of carbonyl (C=O) groups excluding carboxylic acids is 1. The Morgan fingerprint density at radius 2 is 1.67 bits per heavy atom. The first-order valence-electron chi connectivity index (χ1n) is 4.13. The van der Waals surface area contributed by atoms with E-state index in [-0.39, 0.29) is 44.3 Å². The molecule has 80 valence electrons. The molecule has 0 atom stereocenters. The molecule has 1 aromatic rings. The molecule has 0 saturated carbocycles. The van der Waals surface area contributed by atoms with Gasteiger partial charge in [0, 0.05) is 0 Å². The zero-order valence-corrected chi connectivity index (χ0v) is 15.3. The second kappa shape index (κ2) is 7.55. The maximum absolute atomic E-state index is 10.9. The van der Waals surface area contributed by atoms with Gasteiger partial charge >= 0.3 is 31.1 Å². The van der Waals surface area contributed by atoms with Crippen LogP contribution in [0.15, 0.2) is 16.6 Å². The van der Waals surface area contributed by atoms with Crippen LogP contribution in [0, 0.1) is 58.8 Å². The smallest absolute Gasteiger partial charge is 0.358 e. The van der Waals surface area contributed by atoms with Crippen molar-refractivity contribution in [1.82, 2.24) is 0 Å². The monoisotopic (exact) mass is 492 g/mol. The van der Waals surface area contributed by atoms with Crippen LogP contribution < -0.4 is 0 Å². The molecule has 0 aliphatic rings. The number of rotatable bonds is 2. The van der Waals surface area contributed by atoms with Crippen molar-refractivity contribution >= 4 is 21.7 Å². The van der Waals surface area contributed by atoms with E-state index in [0.717, 1.165) is 21.2 Å². The molecule has 0 aliphatic heterocycles. The third-order valence-electron chi connectivity index (χ3n) is 1.83. The predicted octanol–water partition coefficient (Wildman–Crippen LogP) is 3.66. The minimum atomic E-state index is 0. The Labute approximate surface area is 125 Å². The summed E-state index contributed by atoms with van der Waals surface area (Å²) in [6.45, 7) is 5.61. The molecule has 0 amide bonds. The fourth-order valence-electron chi connectivity index (χ4n) is 1.30. The van der Waals surface area contributed by atoms with Crippen LogP contribution in [0.1, 0.15) is 23.6 Å². The van der Waals surface area contributed by atoms with Crippen LogP contribution in [0.2, 0.25) is 0 Å². The van der Waals surface area contributed by atoms with Crippen LogP contribution in [-0.4, -0.2) is 5.78 Å². The van der Waals surface area contributed by atoms with Gasteiger partial charge in [0.25, 0.3) is 0 Å².